The number of para-hydroxylation sites is 1. The normalized spacial score (nSPS) is 10.6. The number of pyridine rings is 1. The Hall–Kier alpha value is -2.75. The van der Waals surface area contributed by atoms with Gasteiger partial charge in [-0.15, -0.1) is 0 Å². The Morgan fingerprint density at radius 1 is 1.09 bits per heavy atom. The fourth-order valence-corrected chi connectivity index (χ4v) is 2.37. The highest BCUT2D eigenvalue weighted by Crippen LogP contribution is 2.19. The quantitative estimate of drug-likeness (QED) is 0.756. The van der Waals surface area contributed by atoms with E-state index in [4.69, 9.17) is 4.74 Å². The minimum Gasteiger partial charge on any atom is -0.494 e. The third kappa shape index (κ3) is 3.11. The number of aromatic amines is 1. The molecule has 0 atom stereocenters. The number of rotatable bonds is 5. The highest BCUT2D eigenvalue weighted by Gasteiger charge is 2.04. The van der Waals surface area contributed by atoms with Crippen molar-refractivity contribution in [2.45, 2.75) is 13.5 Å². The summed E-state index contributed by atoms with van der Waals surface area (Å²) in [6.45, 7) is 3.05. The van der Waals surface area contributed by atoms with E-state index in [1.807, 2.05) is 61.5 Å². The van der Waals surface area contributed by atoms with Crippen LogP contribution in [0, 0.1) is 0 Å². The van der Waals surface area contributed by atoms with E-state index in [2.05, 4.69) is 10.3 Å². The summed E-state index contributed by atoms with van der Waals surface area (Å²) in [6, 6.07) is 17.4. The summed E-state index contributed by atoms with van der Waals surface area (Å²) in [4.78, 5) is 15.1. The average Bonchev–Trinajstić information content (AvgIpc) is 2.54. The Balaban J connectivity index is 1.88. The molecule has 1 aromatic heterocycles. The van der Waals surface area contributed by atoms with Crippen LogP contribution in [0.2, 0.25) is 0 Å². The van der Waals surface area contributed by atoms with Crippen LogP contribution in [-0.4, -0.2) is 11.6 Å². The summed E-state index contributed by atoms with van der Waals surface area (Å²) >= 11 is 0. The van der Waals surface area contributed by atoms with Gasteiger partial charge in [-0.3, -0.25) is 4.79 Å². The number of nitrogens with one attached hydrogen (secondary N) is 2. The van der Waals surface area contributed by atoms with E-state index in [0.29, 0.717) is 18.7 Å². The Bertz CT molecular complexity index is 825. The minimum atomic E-state index is -0.0694. The van der Waals surface area contributed by atoms with Crippen molar-refractivity contribution in [1.82, 2.24) is 4.98 Å². The highest BCUT2D eigenvalue weighted by molar-refractivity contribution is 5.80. The zero-order valence-electron chi connectivity index (χ0n) is 12.4. The summed E-state index contributed by atoms with van der Waals surface area (Å²) in [5.74, 6) is 0.809. The van der Waals surface area contributed by atoms with Gasteiger partial charge in [0.25, 0.3) is 5.56 Å². The number of hydrogen-bond donors (Lipinski definition) is 2. The van der Waals surface area contributed by atoms with E-state index in [0.717, 1.165) is 22.3 Å². The van der Waals surface area contributed by atoms with Crippen LogP contribution in [0.5, 0.6) is 5.75 Å². The second kappa shape index (κ2) is 6.35. The van der Waals surface area contributed by atoms with Gasteiger partial charge in [0.05, 0.1) is 6.61 Å². The van der Waals surface area contributed by atoms with Crippen molar-refractivity contribution >= 4 is 16.6 Å². The van der Waals surface area contributed by atoms with Crippen molar-refractivity contribution < 1.29 is 4.74 Å². The first kappa shape index (κ1) is 14.2. The zero-order valence-corrected chi connectivity index (χ0v) is 12.4. The molecule has 4 nitrogen and oxygen atoms in total. The molecule has 22 heavy (non-hydrogen) atoms. The predicted molar refractivity (Wildman–Crippen MR) is 89.5 cm³/mol. The summed E-state index contributed by atoms with van der Waals surface area (Å²) < 4.78 is 5.51. The second-order valence-electron chi connectivity index (χ2n) is 5.03. The number of H-pyrrole nitrogens is 1. The van der Waals surface area contributed by atoms with Crippen LogP contribution in [0.1, 0.15) is 12.5 Å². The number of fused-ring (bicyclic) bond motifs is 1. The maximum Gasteiger partial charge on any atom is 0.253 e. The van der Waals surface area contributed by atoms with Gasteiger partial charge in [-0.1, -0.05) is 18.2 Å². The molecule has 2 aromatic carbocycles. The van der Waals surface area contributed by atoms with E-state index in [9.17, 15) is 4.79 Å². The van der Waals surface area contributed by atoms with E-state index in [-0.39, 0.29) is 5.56 Å². The van der Waals surface area contributed by atoms with Crippen molar-refractivity contribution in [2.24, 2.45) is 0 Å². The number of hydrogen-bond acceptors (Lipinski definition) is 3. The van der Waals surface area contributed by atoms with Crippen LogP contribution in [0.25, 0.3) is 10.9 Å². The summed E-state index contributed by atoms with van der Waals surface area (Å²) in [5, 5.41) is 4.22. The minimum absolute atomic E-state index is 0.0694. The smallest absolute Gasteiger partial charge is 0.253 e. The van der Waals surface area contributed by atoms with Crippen LogP contribution in [0.4, 0.5) is 5.69 Å². The topological polar surface area (TPSA) is 54.1 Å². The molecule has 0 aliphatic carbocycles. The lowest BCUT2D eigenvalue weighted by molar-refractivity contribution is 0.340. The molecule has 4 heteroatoms. The van der Waals surface area contributed by atoms with Crippen molar-refractivity contribution in [3.63, 3.8) is 0 Å². The van der Waals surface area contributed by atoms with Crippen molar-refractivity contribution in [2.75, 3.05) is 11.9 Å². The molecule has 0 aliphatic rings. The molecule has 0 aliphatic heterocycles. The molecule has 0 radical (unpaired) electrons. The lowest BCUT2D eigenvalue weighted by Gasteiger charge is -2.08. The van der Waals surface area contributed by atoms with Crippen LogP contribution in [0.15, 0.2) is 59.4 Å². The van der Waals surface area contributed by atoms with Gasteiger partial charge in [0.1, 0.15) is 5.75 Å². The van der Waals surface area contributed by atoms with Gasteiger partial charge in [0.15, 0.2) is 0 Å². The van der Waals surface area contributed by atoms with Gasteiger partial charge < -0.3 is 15.0 Å². The Morgan fingerprint density at radius 2 is 1.91 bits per heavy atom. The molecule has 0 bridgehead atoms. The lowest BCUT2D eigenvalue weighted by atomic mass is 10.1. The predicted octanol–water partition coefficient (Wildman–Crippen LogP) is 3.54. The first-order valence-corrected chi connectivity index (χ1v) is 7.34. The maximum absolute atomic E-state index is 12.1. The standard InChI is InChI=1S/C18H18N2O2/c1-2-22-16-8-9-17-13(11-16)10-14(18(21)20-17)12-19-15-6-4-3-5-7-15/h3-11,19H,2,12H2,1H3,(H,20,21). The van der Waals surface area contributed by atoms with Gasteiger partial charge in [-0.25, -0.2) is 0 Å². The van der Waals surface area contributed by atoms with E-state index < -0.39 is 0 Å². The molecule has 2 N–H and O–H groups in total. The average molecular weight is 294 g/mol. The molecule has 3 aromatic rings. The van der Waals surface area contributed by atoms with Crippen molar-refractivity contribution in [3.8, 4) is 5.75 Å². The number of anilines is 1. The molecule has 0 saturated heterocycles. The Morgan fingerprint density at radius 3 is 2.68 bits per heavy atom. The number of ether oxygens (including phenoxy) is 1. The van der Waals surface area contributed by atoms with Gasteiger partial charge in [0, 0.05) is 28.7 Å². The molecule has 0 unspecified atom stereocenters. The molecule has 0 fully saturated rings. The molecule has 0 saturated carbocycles. The Labute approximate surface area is 128 Å². The largest absolute Gasteiger partial charge is 0.494 e. The van der Waals surface area contributed by atoms with E-state index in [1.165, 1.54) is 0 Å². The molecule has 1 heterocycles. The Kier molecular flexibility index (Phi) is 4.10. The first-order chi connectivity index (χ1) is 10.8. The lowest BCUT2D eigenvalue weighted by Crippen LogP contribution is -2.15. The van der Waals surface area contributed by atoms with Gasteiger partial charge in [-0.2, -0.15) is 0 Å². The third-order valence-corrected chi connectivity index (χ3v) is 3.46. The number of aromatic nitrogens is 1. The summed E-state index contributed by atoms with van der Waals surface area (Å²) in [7, 11) is 0. The van der Waals surface area contributed by atoms with E-state index >= 15 is 0 Å². The van der Waals surface area contributed by atoms with Gasteiger partial charge in [0.2, 0.25) is 0 Å². The van der Waals surface area contributed by atoms with Gasteiger partial charge in [-0.05, 0) is 43.3 Å². The second-order valence-corrected chi connectivity index (χ2v) is 5.03. The van der Waals surface area contributed by atoms with Crippen LogP contribution >= 0.6 is 0 Å². The molecular weight excluding hydrogens is 276 g/mol. The number of benzene rings is 2. The molecule has 3 rings (SSSR count). The van der Waals surface area contributed by atoms with Crippen LogP contribution < -0.4 is 15.6 Å². The molecule has 112 valence electrons. The first-order valence-electron chi connectivity index (χ1n) is 7.34. The van der Waals surface area contributed by atoms with Crippen LogP contribution in [-0.2, 0) is 6.54 Å². The third-order valence-electron chi connectivity index (χ3n) is 3.46. The SMILES string of the molecule is CCOc1ccc2[nH]c(=O)c(CNc3ccccc3)cc2c1. The van der Waals surface area contributed by atoms with Gasteiger partial charge >= 0.3 is 0 Å². The maximum atomic E-state index is 12.1. The molecule has 0 spiro atoms. The summed E-state index contributed by atoms with van der Waals surface area (Å²) in [5.41, 5.74) is 2.44. The van der Waals surface area contributed by atoms with E-state index in [1.54, 1.807) is 0 Å². The fourth-order valence-electron chi connectivity index (χ4n) is 2.37. The highest BCUT2D eigenvalue weighted by atomic mass is 16.5. The van der Waals surface area contributed by atoms with Crippen molar-refractivity contribution in [3.05, 3.63) is 70.5 Å². The monoisotopic (exact) mass is 294 g/mol. The van der Waals surface area contributed by atoms with Crippen molar-refractivity contribution in [1.29, 1.82) is 0 Å². The zero-order chi connectivity index (χ0) is 15.4. The molecule has 0 amide bonds. The molecular formula is C18H18N2O2. The van der Waals surface area contributed by atoms with Crippen LogP contribution in [0.3, 0.4) is 0 Å². The fraction of sp³-hybridized carbons (Fsp3) is 0.167. The summed E-state index contributed by atoms with van der Waals surface area (Å²) in [6.07, 6.45) is 0.